The van der Waals surface area contributed by atoms with Crippen molar-refractivity contribution in [2.24, 2.45) is 0 Å². The fourth-order valence-electron chi connectivity index (χ4n) is 2.91. The molecular weight excluding hydrogens is 314 g/mol. The first kappa shape index (κ1) is 17.1. The average molecular weight is 333 g/mol. The maximum absolute atomic E-state index is 12.6. The second kappa shape index (κ2) is 6.12. The predicted molar refractivity (Wildman–Crippen MR) is 86.9 cm³/mol. The molecule has 0 aliphatic carbocycles. The molecule has 1 heterocycles. The number of hydrogen-bond acceptors (Lipinski definition) is 4. The number of carbonyl (C=O) groups excluding carboxylic acids is 1. The van der Waals surface area contributed by atoms with E-state index in [2.05, 4.69) is 0 Å². The third-order valence-corrected chi connectivity index (χ3v) is 5.55. The second-order valence-electron chi connectivity index (χ2n) is 5.67. The van der Waals surface area contributed by atoms with Gasteiger partial charge in [-0.1, -0.05) is 6.07 Å². The van der Waals surface area contributed by atoms with Gasteiger partial charge in [-0.2, -0.15) is 4.73 Å². The minimum atomic E-state index is -3.81. The standard InChI is InChI=1S/C17H19NO4S/c1-11-9-12(2)17(14(4)19)13(3)15(11)10-23(21,22)16-7-5-6-8-18(16)20/h5-9H,10H2,1-4H3. The van der Waals surface area contributed by atoms with E-state index in [-0.39, 0.29) is 16.6 Å². The van der Waals surface area contributed by atoms with Crippen molar-refractivity contribution in [2.45, 2.75) is 38.5 Å². The predicted octanol–water partition coefficient (Wildman–Crippen LogP) is 2.42. The van der Waals surface area contributed by atoms with Crippen molar-refractivity contribution in [3.05, 3.63) is 63.5 Å². The highest BCUT2D eigenvalue weighted by molar-refractivity contribution is 7.90. The van der Waals surface area contributed by atoms with E-state index < -0.39 is 9.84 Å². The molecule has 0 saturated heterocycles. The first-order chi connectivity index (χ1) is 10.6. The molecule has 1 aromatic carbocycles. The molecule has 0 aliphatic heterocycles. The Balaban J connectivity index is 2.59. The third-order valence-electron chi connectivity index (χ3n) is 3.92. The SMILES string of the molecule is CC(=O)c1c(C)cc(C)c(CS(=O)(=O)c2cccc[n+]2[O-])c1C. The van der Waals surface area contributed by atoms with E-state index in [0.29, 0.717) is 21.4 Å². The second-order valence-corrected chi connectivity index (χ2v) is 7.61. The molecule has 0 aliphatic rings. The Kier molecular flexibility index (Phi) is 4.56. The van der Waals surface area contributed by atoms with Gasteiger partial charge in [0.1, 0.15) is 0 Å². The Hall–Kier alpha value is -2.21. The number of rotatable bonds is 4. The summed E-state index contributed by atoms with van der Waals surface area (Å²) in [6.07, 6.45) is 1.16. The van der Waals surface area contributed by atoms with E-state index in [4.69, 9.17) is 0 Å². The van der Waals surface area contributed by atoms with Crippen LogP contribution in [0.1, 0.15) is 39.5 Å². The van der Waals surface area contributed by atoms with Crippen molar-refractivity contribution in [1.29, 1.82) is 0 Å². The summed E-state index contributed by atoms with van der Waals surface area (Å²) in [6, 6.07) is 6.08. The molecule has 0 unspecified atom stereocenters. The van der Waals surface area contributed by atoms with Gasteiger partial charge in [-0.05, 0) is 56.0 Å². The topological polar surface area (TPSA) is 78.2 Å². The summed E-state index contributed by atoms with van der Waals surface area (Å²) in [6.45, 7) is 6.85. The number of sulfone groups is 1. The van der Waals surface area contributed by atoms with Gasteiger partial charge in [0.15, 0.2) is 12.0 Å². The fraction of sp³-hybridized carbons (Fsp3) is 0.294. The lowest BCUT2D eigenvalue weighted by Crippen LogP contribution is -2.33. The highest BCUT2D eigenvalue weighted by Gasteiger charge is 2.26. The molecule has 0 saturated carbocycles. The van der Waals surface area contributed by atoms with Crippen LogP contribution in [0.3, 0.4) is 0 Å². The lowest BCUT2D eigenvalue weighted by Gasteiger charge is -2.15. The number of Topliss-reactive ketones (excluding diaryl/α,β-unsaturated/α-hetero) is 1. The lowest BCUT2D eigenvalue weighted by atomic mass is 9.92. The number of aromatic nitrogens is 1. The van der Waals surface area contributed by atoms with Crippen LogP contribution in [0.5, 0.6) is 0 Å². The fourth-order valence-corrected chi connectivity index (χ4v) is 4.50. The Labute approximate surface area is 136 Å². The normalized spacial score (nSPS) is 11.5. The van der Waals surface area contributed by atoms with Crippen molar-refractivity contribution in [3.63, 3.8) is 0 Å². The van der Waals surface area contributed by atoms with E-state index in [1.54, 1.807) is 6.92 Å². The molecule has 23 heavy (non-hydrogen) atoms. The van der Waals surface area contributed by atoms with Crippen LogP contribution in [-0.2, 0) is 15.6 Å². The number of hydrogen-bond donors (Lipinski definition) is 0. The van der Waals surface area contributed by atoms with Gasteiger partial charge in [0, 0.05) is 17.7 Å². The van der Waals surface area contributed by atoms with Crippen LogP contribution in [0.2, 0.25) is 0 Å². The first-order valence-electron chi connectivity index (χ1n) is 7.16. The zero-order valence-electron chi connectivity index (χ0n) is 13.6. The summed E-state index contributed by atoms with van der Waals surface area (Å²) in [4.78, 5) is 11.8. The summed E-state index contributed by atoms with van der Waals surface area (Å²) in [5.74, 6) is -0.408. The van der Waals surface area contributed by atoms with Gasteiger partial charge in [0.2, 0.25) is 9.84 Å². The van der Waals surface area contributed by atoms with Crippen LogP contribution >= 0.6 is 0 Å². The van der Waals surface area contributed by atoms with E-state index >= 15 is 0 Å². The Bertz CT molecular complexity index is 886. The number of nitrogens with zero attached hydrogens (tertiary/aromatic N) is 1. The third kappa shape index (κ3) is 3.27. The van der Waals surface area contributed by atoms with Crippen LogP contribution in [0.15, 0.2) is 35.5 Å². The van der Waals surface area contributed by atoms with Crippen molar-refractivity contribution in [1.82, 2.24) is 0 Å². The maximum atomic E-state index is 12.6. The van der Waals surface area contributed by atoms with Crippen LogP contribution in [0.25, 0.3) is 0 Å². The van der Waals surface area contributed by atoms with Crippen LogP contribution in [0, 0.1) is 26.0 Å². The van der Waals surface area contributed by atoms with Crippen molar-refractivity contribution >= 4 is 15.6 Å². The Morgan fingerprint density at radius 3 is 2.39 bits per heavy atom. The first-order valence-corrected chi connectivity index (χ1v) is 8.82. The molecule has 0 N–H and O–H groups in total. The lowest BCUT2D eigenvalue weighted by molar-refractivity contribution is -0.646. The minimum Gasteiger partial charge on any atom is -0.618 e. The monoisotopic (exact) mass is 333 g/mol. The molecule has 1 aromatic heterocycles. The van der Waals surface area contributed by atoms with Gasteiger partial charge < -0.3 is 5.21 Å². The molecule has 0 radical (unpaired) electrons. The quantitative estimate of drug-likeness (QED) is 0.489. The number of benzene rings is 1. The average Bonchev–Trinajstić information content (AvgIpc) is 2.43. The van der Waals surface area contributed by atoms with E-state index in [1.165, 1.54) is 25.1 Å². The summed E-state index contributed by atoms with van der Waals surface area (Å²) >= 11 is 0. The number of ketones is 1. The van der Waals surface area contributed by atoms with Gasteiger partial charge in [-0.3, -0.25) is 4.79 Å². The van der Waals surface area contributed by atoms with Crippen LogP contribution in [0.4, 0.5) is 0 Å². The number of carbonyl (C=O) groups is 1. The smallest absolute Gasteiger partial charge is 0.308 e. The van der Waals surface area contributed by atoms with Crippen molar-refractivity contribution < 1.29 is 17.9 Å². The summed E-state index contributed by atoms with van der Waals surface area (Å²) < 4.78 is 25.5. The molecule has 0 bridgehead atoms. The molecule has 0 spiro atoms. The Morgan fingerprint density at radius 1 is 1.17 bits per heavy atom. The largest absolute Gasteiger partial charge is 0.618 e. The molecular formula is C17H19NO4S. The molecule has 2 aromatic rings. The van der Waals surface area contributed by atoms with E-state index in [9.17, 15) is 18.4 Å². The highest BCUT2D eigenvalue weighted by atomic mass is 32.2. The Morgan fingerprint density at radius 2 is 1.83 bits per heavy atom. The van der Waals surface area contributed by atoms with E-state index in [0.717, 1.165) is 17.3 Å². The summed E-state index contributed by atoms with van der Waals surface area (Å²) in [7, 11) is -3.81. The van der Waals surface area contributed by atoms with E-state index in [1.807, 2.05) is 19.9 Å². The zero-order chi connectivity index (χ0) is 17.4. The summed E-state index contributed by atoms with van der Waals surface area (Å²) in [5.41, 5.74) is 3.40. The van der Waals surface area contributed by atoms with Gasteiger partial charge in [-0.25, -0.2) is 8.42 Å². The molecule has 5 nitrogen and oxygen atoms in total. The molecule has 6 heteroatoms. The van der Waals surface area contributed by atoms with Gasteiger partial charge in [0.05, 0.1) is 5.75 Å². The molecule has 2 rings (SSSR count). The molecule has 0 amide bonds. The van der Waals surface area contributed by atoms with Gasteiger partial charge >= 0.3 is 5.03 Å². The van der Waals surface area contributed by atoms with Crippen molar-refractivity contribution in [3.8, 4) is 0 Å². The highest BCUT2D eigenvalue weighted by Crippen LogP contribution is 2.26. The zero-order valence-corrected chi connectivity index (χ0v) is 14.4. The minimum absolute atomic E-state index is 0.0998. The number of pyridine rings is 1. The number of aryl methyl sites for hydroxylation is 2. The van der Waals surface area contributed by atoms with Gasteiger partial charge in [-0.15, -0.1) is 0 Å². The van der Waals surface area contributed by atoms with Gasteiger partial charge in [0.25, 0.3) is 0 Å². The molecule has 122 valence electrons. The van der Waals surface area contributed by atoms with Crippen molar-refractivity contribution in [2.75, 3.05) is 0 Å². The molecule has 0 fully saturated rings. The molecule has 0 atom stereocenters. The van der Waals surface area contributed by atoms with Crippen LogP contribution in [-0.4, -0.2) is 14.2 Å². The summed E-state index contributed by atoms with van der Waals surface area (Å²) in [5, 5.41) is 11.5. The van der Waals surface area contributed by atoms with Crippen LogP contribution < -0.4 is 4.73 Å². The maximum Gasteiger partial charge on any atom is 0.308 e.